The van der Waals surface area contributed by atoms with Crippen LogP contribution in [0.5, 0.6) is 0 Å². The molecule has 1 saturated heterocycles. The highest BCUT2D eigenvalue weighted by atomic mass is 32.2. The number of hydrogen-bond donors (Lipinski definition) is 2. The third-order valence-electron chi connectivity index (χ3n) is 1.64. The van der Waals surface area contributed by atoms with Crippen LogP contribution in [0.4, 0.5) is 0 Å². The van der Waals surface area contributed by atoms with E-state index in [1.807, 2.05) is 0 Å². The van der Waals surface area contributed by atoms with Gasteiger partial charge in [-0.2, -0.15) is 8.42 Å². The summed E-state index contributed by atoms with van der Waals surface area (Å²) in [7, 11) is -4.39. The minimum atomic E-state index is -4.39. The van der Waals surface area contributed by atoms with Crippen LogP contribution < -0.4 is 5.73 Å². The van der Waals surface area contributed by atoms with E-state index in [2.05, 4.69) is 0 Å². The number of β-lactam (4-membered cyclic amide) rings is 1. The molecule has 0 aromatic heterocycles. The normalized spacial score (nSPS) is 31.9. The molecular formula is C4H8N2O4S. The first-order chi connectivity index (χ1) is 4.85. The van der Waals surface area contributed by atoms with Gasteiger partial charge < -0.3 is 5.73 Å². The zero-order valence-electron chi connectivity index (χ0n) is 5.76. The van der Waals surface area contributed by atoms with Crippen LogP contribution in [-0.2, 0) is 15.1 Å². The molecule has 2 atom stereocenters. The Morgan fingerprint density at radius 2 is 2.09 bits per heavy atom. The number of nitrogens with zero attached hydrogens (tertiary/aromatic N) is 1. The maximum atomic E-state index is 10.7. The van der Waals surface area contributed by atoms with Gasteiger partial charge in [0.05, 0.1) is 6.04 Å². The first-order valence-electron chi connectivity index (χ1n) is 2.92. The summed E-state index contributed by atoms with van der Waals surface area (Å²) in [4.78, 5) is 10.7. The maximum Gasteiger partial charge on any atom is 0.362 e. The van der Waals surface area contributed by atoms with Gasteiger partial charge in [-0.05, 0) is 6.92 Å². The number of carbonyl (C=O) groups excluding carboxylic acids is 1. The lowest BCUT2D eigenvalue weighted by molar-refractivity contribution is -0.139. The van der Waals surface area contributed by atoms with E-state index in [0.717, 1.165) is 0 Å². The number of rotatable bonds is 1. The van der Waals surface area contributed by atoms with Crippen molar-refractivity contribution < 1.29 is 17.8 Å². The van der Waals surface area contributed by atoms with Crippen LogP contribution in [0, 0.1) is 0 Å². The third-order valence-corrected chi connectivity index (χ3v) is 2.65. The molecule has 1 amide bonds. The Morgan fingerprint density at radius 3 is 2.27 bits per heavy atom. The van der Waals surface area contributed by atoms with Crippen LogP contribution in [0.1, 0.15) is 6.92 Å². The van der Waals surface area contributed by atoms with Crippen molar-refractivity contribution in [2.75, 3.05) is 0 Å². The first kappa shape index (κ1) is 8.44. The molecule has 1 aliphatic heterocycles. The lowest BCUT2D eigenvalue weighted by Gasteiger charge is -2.39. The van der Waals surface area contributed by atoms with Crippen molar-refractivity contribution in [2.24, 2.45) is 5.73 Å². The lowest BCUT2D eigenvalue weighted by Crippen LogP contribution is -2.68. The molecule has 0 radical (unpaired) electrons. The minimum Gasteiger partial charge on any atom is -0.318 e. The van der Waals surface area contributed by atoms with E-state index >= 15 is 0 Å². The second kappa shape index (κ2) is 2.16. The van der Waals surface area contributed by atoms with Gasteiger partial charge in [-0.15, -0.1) is 0 Å². The van der Waals surface area contributed by atoms with Gasteiger partial charge in [0.15, 0.2) is 0 Å². The minimum absolute atomic E-state index is 0.359. The first-order valence-corrected chi connectivity index (χ1v) is 4.31. The quantitative estimate of drug-likeness (QED) is 0.372. The molecule has 64 valence electrons. The third kappa shape index (κ3) is 1.10. The van der Waals surface area contributed by atoms with E-state index in [1.54, 1.807) is 0 Å². The van der Waals surface area contributed by atoms with Crippen molar-refractivity contribution in [3.8, 4) is 0 Å². The molecule has 6 nitrogen and oxygen atoms in total. The zero-order chi connectivity index (χ0) is 8.81. The van der Waals surface area contributed by atoms with Gasteiger partial charge in [0.25, 0.3) is 5.91 Å². The monoisotopic (exact) mass is 180 g/mol. The standard InChI is InChI=1S/C4H8N2O4S/c1-2-3(5)4(7)6(2)11(8,9)10/h2-3H,5H2,1H3,(H,8,9,10). The van der Waals surface area contributed by atoms with Crippen molar-refractivity contribution >= 4 is 16.2 Å². The van der Waals surface area contributed by atoms with Crippen LogP contribution >= 0.6 is 0 Å². The largest absolute Gasteiger partial charge is 0.362 e. The topological polar surface area (TPSA) is 101 Å². The van der Waals surface area contributed by atoms with Crippen molar-refractivity contribution in [3.05, 3.63) is 0 Å². The fourth-order valence-electron chi connectivity index (χ4n) is 0.942. The predicted molar refractivity (Wildman–Crippen MR) is 35.8 cm³/mol. The molecule has 0 saturated carbocycles. The fourth-order valence-corrected chi connectivity index (χ4v) is 1.84. The Morgan fingerprint density at radius 1 is 1.64 bits per heavy atom. The Bertz CT molecular complexity index is 284. The Labute approximate surface area is 63.9 Å². The van der Waals surface area contributed by atoms with E-state index in [1.165, 1.54) is 6.92 Å². The molecular weight excluding hydrogens is 172 g/mol. The highest BCUT2D eigenvalue weighted by Gasteiger charge is 2.48. The summed E-state index contributed by atoms with van der Waals surface area (Å²) in [5.41, 5.74) is 5.19. The van der Waals surface area contributed by atoms with E-state index in [0.29, 0.717) is 4.31 Å². The number of amides is 1. The molecule has 0 aromatic rings. The average molecular weight is 180 g/mol. The van der Waals surface area contributed by atoms with E-state index in [4.69, 9.17) is 10.3 Å². The second-order valence-electron chi connectivity index (χ2n) is 2.38. The number of nitrogens with two attached hydrogens (primary N) is 1. The van der Waals surface area contributed by atoms with Gasteiger partial charge in [0, 0.05) is 0 Å². The predicted octanol–water partition coefficient (Wildman–Crippen LogP) is -1.65. The molecule has 0 bridgehead atoms. The molecule has 0 spiro atoms. The number of carbonyl (C=O) groups is 1. The molecule has 0 aliphatic carbocycles. The van der Waals surface area contributed by atoms with Crippen LogP contribution in [0.25, 0.3) is 0 Å². The zero-order valence-corrected chi connectivity index (χ0v) is 6.58. The summed E-state index contributed by atoms with van der Waals surface area (Å²) < 4.78 is 29.5. The van der Waals surface area contributed by atoms with Gasteiger partial charge in [0.2, 0.25) is 0 Å². The summed E-state index contributed by atoms with van der Waals surface area (Å²) in [5.74, 6) is -0.764. The molecule has 1 heterocycles. The SMILES string of the molecule is CC1C(N)C(=O)N1S(=O)(=O)O. The molecule has 0 aromatic carbocycles. The van der Waals surface area contributed by atoms with Crippen molar-refractivity contribution in [1.29, 1.82) is 0 Å². The maximum absolute atomic E-state index is 10.7. The smallest absolute Gasteiger partial charge is 0.318 e. The highest BCUT2D eigenvalue weighted by molar-refractivity contribution is 7.84. The summed E-state index contributed by atoms with van der Waals surface area (Å²) in [6.45, 7) is 1.44. The van der Waals surface area contributed by atoms with Crippen LogP contribution in [0.2, 0.25) is 0 Å². The summed E-state index contributed by atoms with van der Waals surface area (Å²) in [5, 5.41) is 0. The summed E-state index contributed by atoms with van der Waals surface area (Å²) in [6.07, 6.45) is 0. The van der Waals surface area contributed by atoms with Gasteiger partial charge >= 0.3 is 10.3 Å². The summed E-state index contributed by atoms with van der Waals surface area (Å²) >= 11 is 0. The lowest BCUT2D eigenvalue weighted by atomic mass is 10.0. The average Bonchev–Trinajstić information content (AvgIpc) is 1.85. The van der Waals surface area contributed by atoms with E-state index in [9.17, 15) is 13.2 Å². The Hall–Kier alpha value is -0.660. The van der Waals surface area contributed by atoms with E-state index in [-0.39, 0.29) is 0 Å². The van der Waals surface area contributed by atoms with Crippen LogP contribution in [0.15, 0.2) is 0 Å². The van der Waals surface area contributed by atoms with Gasteiger partial charge in [0.1, 0.15) is 6.04 Å². The molecule has 7 heteroatoms. The molecule has 2 unspecified atom stereocenters. The van der Waals surface area contributed by atoms with Crippen molar-refractivity contribution in [3.63, 3.8) is 0 Å². The summed E-state index contributed by atoms with van der Waals surface area (Å²) in [6, 6.07) is -1.45. The van der Waals surface area contributed by atoms with E-state index < -0.39 is 28.3 Å². The number of hydrogen-bond acceptors (Lipinski definition) is 4. The van der Waals surface area contributed by atoms with Crippen molar-refractivity contribution in [2.45, 2.75) is 19.0 Å². The fraction of sp³-hybridized carbons (Fsp3) is 0.750. The van der Waals surface area contributed by atoms with Gasteiger partial charge in [-0.25, -0.2) is 4.31 Å². The molecule has 1 rings (SSSR count). The van der Waals surface area contributed by atoms with Crippen molar-refractivity contribution in [1.82, 2.24) is 4.31 Å². The van der Waals surface area contributed by atoms with Crippen LogP contribution in [0.3, 0.4) is 0 Å². The highest BCUT2D eigenvalue weighted by Crippen LogP contribution is 2.20. The molecule has 1 fully saturated rings. The van der Waals surface area contributed by atoms with Crippen LogP contribution in [-0.4, -0.2) is 35.3 Å². The van der Waals surface area contributed by atoms with Gasteiger partial charge in [-0.1, -0.05) is 0 Å². The molecule has 11 heavy (non-hydrogen) atoms. The molecule has 3 N–H and O–H groups in total. The Kier molecular flexibility index (Phi) is 1.66. The Balaban J connectivity index is 2.88. The second-order valence-corrected chi connectivity index (χ2v) is 3.67. The molecule has 1 aliphatic rings. The van der Waals surface area contributed by atoms with Gasteiger partial charge in [-0.3, -0.25) is 9.35 Å².